The van der Waals surface area contributed by atoms with Crippen LogP contribution in [-0.2, 0) is 0 Å². The number of ether oxygens (including phenoxy) is 1. The molecule has 5 heteroatoms. The van der Waals surface area contributed by atoms with Gasteiger partial charge in [-0.2, -0.15) is 0 Å². The molecule has 5 nitrogen and oxygen atoms in total. The molecule has 4 N–H and O–H groups in total. The minimum Gasteiger partial charge on any atom is -0.439 e. The van der Waals surface area contributed by atoms with E-state index in [2.05, 4.69) is 4.98 Å². The van der Waals surface area contributed by atoms with Gasteiger partial charge < -0.3 is 16.2 Å². The van der Waals surface area contributed by atoms with E-state index in [0.717, 1.165) is 5.56 Å². The van der Waals surface area contributed by atoms with Crippen LogP contribution in [0.4, 0.5) is 0 Å². The van der Waals surface area contributed by atoms with Crippen molar-refractivity contribution in [3.05, 3.63) is 53.7 Å². The van der Waals surface area contributed by atoms with Gasteiger partial charge in [0, 0.05) is 23.9 Å². The first kappa shape index (κ1) is 13.0. The molecule has 1 aromatic heterocycles. The van der Waals surface area contributed by atoms with Crippen LogP contribution in [0.5, 0.6) is 11.6 Å². The van der Waals surface area contributed by atoms with E-state index < -0.39 is 5.91 Å². The number of nitrogens with zero attached hydrogens (tertiary/aromatic N) is 1. The Kier molecular flexibility index (Phi) is 3.77. The number of rotatable bonds is 4. The number of hydrogen-bond acceptors (Lipinski definition) is 4. The number of nitrogens with two attached hydrogens (primary N) is 2. The zero-order valence-corrected chi connectivity index (χ0v) is 10.5. The van der Waals surface area contributed by atoms with Gasteiger partial charge in [-0.1, -0.05) is 6.07 Å². The summed E-state index contributed by atoms with van der Waals surface area (Å²) in [7, 11) is 0. The van der Waals surface area contributed by atoms with E-state index in [-0.39, 0.29) is 6.04 Å². The van der Waals surface area contributed by atoms with Crippen molar-refractivity contribution in [1.82, 2.24) is 4.98 Å². The second-order valence-corrected chi connectivity index (χ2v) is 4.21. The summed E-state index contributed by atoms with van der Waals surface area (Å²) >= 11 is 0. The van der Waals surface area contributed by atoms with Crippen LogP contribution in [0.1, 0.15) is 28.9 Å². The summed E-state index contributed by atoms with van der Waals surface area (Å²) in [6.45, 7) is 1.89. The van der Waals surface area contributed by atoms with Crippen molar-refractivity contribution < 1.29 is 9.53 Å². The summed E-state index contributed by atoms with van der Waals surface area (Å²) in [4.78, 5) is 15.1. The molecule has 0 unspecified atom stereocenters. The predicted molar refractivity (Wildman–Crippen MR) is 71.9 cm³/mol. The third-order valence-corrected chi connectivity index (χ3v) is 2.65. The minimum atomic E-state index is -0.467. The standard InChI is InChI=1S/C14H15N3O2/c1-9(15)11-4-7-13(17-8-11)19-12-5-2-10(3-6-12)14(16)18/h2-9H,15H2,1H3,(H2,16,18)/t9-/m0/s1. The molecule has 0 aliphatic heterocycles. The van der Waals surface area contributed by atoms with E-state index in [1.54, 1.807) is 36.5 Å². The highest BCUT2D eigenvalue weighted by atomic mass is 16.5. The molecular weight excluding hydrogens is 242 g/mol. The first-order chi connectivity index (χ1) is 9.06. The molecule has 0 spiro atoms. The Hall–Kier alpha value is -2.40. The Morgan fingerprint density at radius 3 is 2.37 bits per heavy atom. The lowest BCUT2D eigenvalue weighted by Gasteiger charge is -2.07. The molecule has 0 aliphatic carbocycles. The summed E-state index contributed by atoms with van der Waals surface area (Å²) in [5.74, 6) is 0.591. The molecule has 19 heavy (non-hydrogen) atoms. The maximum atomic E-state index is 10.9. The Morgan fingerprint density at radius 2 is 1.89 bits per heavy atom. The number of aromatic nitrogens is 1. The van der Waals surface area contributed by atoms with E-state index in [0.29, 0.717) is 17.2 Å². The van der Waals surface area contributed by atoms with Gasteiger partial charge in [-0.3, -0.25) is 4.79 Å². The van der Waals surface area contributed by atoms with E-state index >= 15 is 0 Å². The van der Waals surface area contributed by atoms with Crippen molar-refractivity contribution >= 4 is 5.91 Å². The lowest BCUT2D eigenvalue weighted by atomic mass is 10.2. The topological polar surface area (TPSA) is 91.2 Å². The first-order valence-corrected chi connectivity index (χ1v) is 5.85. The van der Waals surface area contributed by atoms with Gasteiger partial charge in [0.2, 0.25) is 11.8 Å². The van der Waals surface area contributed by atoms with Gasteiger partial charge in [-0.05, 0) is 36.8 Å². The van der Waals surface area contributed by atoms with Crippen LogP contribution in [0.15, 0.2) is 42.6 Å². The molecule has 98 valence electrons. The molecule has 0 saturated carbocycles. The van der Waals surface area contributed by atoms with E-state index in [1.807, 2.05) is 13.0 Å². The Balaban J connectivity index is 2.10. The number of pyridine rings is 1. The zero-order chi connectivity index (χ0) is 13.8. The SMILES string of the molecule is C[C@H](N)c1ccc(Oc2ccc(C(N)=O)cc2)nc1. The fraction of sp³-hybridized carbons (Fsp3) is 0.143. The molecule has 0 aliphatic rings. The minimum absolute atomic E-state index is 0.0589. The van der Waals surface area contributed by atoms with Gasteiger partial charge in [0.1, 0.15) is 5.75 Å². The number of carbonyl (C=O) groups is 1. The van der Waals surface area contributed by atoms with Crippen LogP contribution in [0.25, 0.3) is 0 Å². The lowest BCUT2D eigenvalue weighted by molar-refractivity contribution is 0.100. The van der Waals surface area contributed by atoms with Crippen LogP contribution < -0.4 is 16.2 Å². The quantitative estimate of drug-likeness (QED) is 0.876. The number of hydrogen-bond donors (Lipinski definition) is 2. The van der Waals surface area contributed by atoms with Crippen LogP contribution in [0.2, 0.25) is 0 Å². The fourth-order valence-corrected chi connectivity index (χ4v) is 1.53. The highest BCUT2D eigenvalue weighted by Crippen LogP contribution is 2.20. The smallest absolute Gasteiger partial charge is 0.248 e. The van der Waals surface area contributed by atoms with Crippen molar-refractivity contribution in [1.29, 1.82) is 0 Å². The van der Waals surface area contributed by atoms with E-state index in [4.69, 9.17) is 16.2 Å². The average Bonchev–Trinajstić information content (AvgIpc) is 2.40. The molecule has 2 aromatic rings. The van der Waals surface area contributed by atoms with Gasteiger partial charge in [0.15, 0.2) is 0 Å². The molecule has 1 heterocycles. The van der Waals surface area contributed by atoms with Crippen molar-refractivity contribution in [2.24, 2.45) is 11.5 Å². The molecule has 0 saturated heterocycles. The van der Waals surface area contributed by atoms with Crippen LogP contribution in [0, 0.1) is 0 Å². The van der Waals surface area contributed by atoms with Crippen molar-refractivity contribution in [3.63, 3.8) is 0 Å². The van der Waals surface area contributed by atoms with Gasteiger partial charge in [0.25, 0.3) is 0 Å². The van der Waals surface area contributed by atoms with Gasteiger partial charge >= 0.3 is 0 Å². The largest absolute Gasteiger partial charge is 0.439 e. The zero-order valence-electron chi connectivity index (χ0n) is 10.5. The molecule has 0 radical (unpaired) electrons. The summed E-state index contributed by atoms with van der Waals surface area (Å²) < 4.78 is 5.54. The Labute approximate surface area is 111 Å². The lowest BCUT2D eigenvalue weighted by Crippen LogP contribution is -2.10. The summed E-state index contributed by atoms with van der Waals surface area (Å²) in [6.07, 6.45) is 1.68. The molecule has 0 fully saturated rings. The highest BCUT2D eigenvalue weighted by Gasteiger charge is 2.04. The molecule has 0 bridgehead atoms. The molecule has 1 aromatic carbocycles. The monoisotopic (exact) mass is 257 g/mol. The highest BCUT2D eigenvalue weighted by molar-refractivity contribution is 5.92. The number of amides is 1. The van der Waals surface area contributed by atoms with Crippen LogP contribution >= 0.6 is 0 Å². The summed E-state index contributed by atoms with van der Waals surface area (Å²) in [6, 6.07) is 10.1. The van der Waals surface area contributed by atoms with Gasteiger partial charge in [-0.15, -0.1) is 0 Å². The fourth-order valence-electron chi connectivity index (χ4n) is 1.53. The Morgan fingerprint density at radius 1 is 1.21 bits per heavy atom. The number of carbonyl (C=O) groups excluding carboxylic acids is 1. The third kappa shape index (κ3) is 3.29. The van der Waals surface area contributed by atoms with Crippen molar-refractivity contribution in [3.8, 4) is 11.6 Å². The number of primary amides is 1. The summed E-state index contributed by atoms with van der Waals surface area (Å²) in [5.41, 5.74) is 12.3. The van der Waals surface area contributed by atoms with Crippen LogP contribution in [0.3, 0.4) is 0 Å². The Bertz CT molecular complexity index is 562. The first-order valence-electron chi connectivity index (χ1n) is 5.85. The molecule has 1 atom stereocenters. The van der Waals surface area contributed by atoms with Gasteiger partial charge in [-0.25, -0.2) is 4.98 Å². The third-order valence-electron chi connectivity index (χ3n) is 2.65. The molecule has 1 amide bonds. The van der Waals surface area contributed by atoms with Crippen molar-refractivity contribution in [2.75, 3.05) is 0 Å². The van der Waals surface area contributed by atoms with Gasteiger partial charge in [0.05, 0.1) is 0 Å². The summed E-state index contributed by atoms with van der Waals surface area (Å²) in [5, 5.41) is 0. The second kappa shape index (κ2) is 5.49. The number of benzene rings is 1. The molecule has 2 rings (SSSR count). The maximum Gasteiger partial charge on any atom is 0.248 e. The second-order valence-electron chi connectivity index (χ2n) is 4.21. The van der Waals surface area contributed by atoms with E-state index in [1.165, 1.54) is 0 Å². The average molecular weight is 257 g/mol. The molecular formula is C14H15N3O2. The van der Waals surface area contributed by atoms with Crippen molar-refractivity contribution in [2.45, 2.75) is 13.0 Å². The maximum absolute atomic E-state index is 10.9. The normalized spacial score (nSPS) is 11.9. The van der Waals surface area contributed by atoms with E-state index in [9.17, 15) is 4.79 Å². The predicted octanol–water partition coefficient (Wildman–Crippen LogP) is 1.99. The van der Waals surface area contributed by atoms with Crippen LogP contribution in [-0.4, -0.2) is 10.9 Å².